The molecule has 0 radical (unpaired) electrons. The lowest BCUT2D eigenvalue weighted by Gasteiger charge is -2.29. The molecule has 3 aromatic carbocycles. The van der Waals surface area contributed by atoms with Crippen LogP contribution in [-0.2, 0) is 13.2 Å². The van der Waals surface area contributed by atoms with E-state index in [2.05, 4.69) is 0 Å². The number of anilines is 1. The van der Waals surface area contributed by atoms with Crippen LogP contribution in [0.25, 0.3) is 0 Å². The van der Waals surface area contributed by atoms with Crippen LogP contribution in [0.15, 0.2) is 66.7 Å². The maximum atomic E-state index is 13.2. The zero-order valence-corrected chi connectivity index (χ0v) is 21.7. The maximum Gasteiger partial charge on any atom is 0.330 e. The van der Waals surface area contributed by atoms with Crippen molar-refractivity contribution >= 4 is 17.7 Å². The van der Waals surface area contributed by atoms with Gasteiger partial charge in [0, 0.05) is 20.2 Å². The number of nitrogens with zero attached hydrogens (tertiary/aromatic N) is 2. The fourth-order valence-corrected chi connectivity index (χ4v) is 3.57. The van der Waals surface area contributed by atoms with Gasteiger partial charge in [-0.25, -0.2) is 4.79 Å². The molecule has 0 atom stereocenters. The summed E-state index contributed by atoms with van der Waals surface area (Å²) in [7, 11) is 2.98. The van der Waals surface area contributed by atoms with Crippen LogP contribution in [0, 0.1) is 5.41 Å². The number of ether oxygens (including phenoxy) is 4. The van der Waals surface area contributed by atoms with Gasteiger partial charge in [0.2, 0.25) is 0 Å². The van der Waals surface area contributed by atoms with Gasteiger partial charge in [-0.15, -0.1) is 0 Å². The second-order valence-electron chi connectivity index (χ2n) is 8.08. The van der Waals surface area contributed by atoms with Crippen LogP contribution in [0.2, 0.25) is 0 Å². The normalized spacial score (nSPS) is 10.4. The lowest BCUT2D eigenvalue weighted by molar-refractivity contribution is 0.230. The molecule has 0 saturated heterocycles. The summed E-state index contributed by atoms with van der Waals surface area (Å²) in [6, 6.07) is 20.6. The molecule has 0 bridgehead atoms. The van der Waals surface area contributed by atoms with Crippen LogP contribution in [0.5, 0.6) is 23.0 Å². The predicted molar refractivity (Wildman–Crippen MR) is 144 cm³/mol. The highest BCUT2D eigenvalue weighted by Crippen LogP contribution is 2.51. The van der Waals surface area contributed by atoms with E-state index in [1.807, 2.05) is 74.5 Å². The van der Waals surface area contributed by atoms with E-state index in [9.17, 15) is 4.79 Å². The molecule has 3 N–H and O–H groups in total. The van der Waals surface area contributed by atoms with Crippen molar-refractivity contribution in [1.82, 2.24) is 4.90 Å². The Labute approximate surface area is 217 Å². The molecule has 3 aromatic rings. The quantitative estimate of drug-likeness (QED) is 0.279. The van der Waals surface area contributed by atoms with Crippen LogP contribution in [0.1, 0.15) is 25.0 Å². The number of nitrogens with one attached hydrogen (secondary N) is 1. The fourth-order valence-electron chi connectivity index (χ4n) is 3.57. The molecule has 0 saturated carbocycles. The number of carbonyl (C=O) groups excluding carboxylic acids is 1. The van der Waals surface area contributed by atoms with Crippen molar-refractivity contribution in [2.24, 2.45) is 5.73 Å². The lowest BCUT2D eigenvalue weighted by Crippen LogP contribution is -2.45. The third-order valence-electron chi connectivity index (χ3n) is 5.46. The number of guanidine groups is 1. The molecule has 0 aliphatic carbocycles. The molecular weight excluding hydrogens is 472 g/mol. The third kappa shape index (κ3) is 6.84. The highest BCUT2D eigenvalue weighted by molar-refractivity contribution is 6.04. The topological polar surface area (TPSA) is 110 Å². The summed E-state index contributed by atoms with van der Waals surface area (Å²) in [5, 5.41) is 7.71. The van der Waals surface area contributed by atoms with Crippen molar-refractivity contribution in [3.8, 4) is 23.0 Å². The summed E-state index contributed by atoms with van der Waals surface area (Å²) in [5.74, 6) is 1.02. The van der Waals surface area contributed by atoms with E-state index in [1.54, 1.807) is 13.1 Å². The summed E-state index contributed by atoms with van der Waals surface area (Å²) >= 11 is 0. The predicted octanol–water partition coefficient (Wildman–Crippen LogP) is 5.02. The minimum Gasteiger partial charge on any atom is -0.488 e. The molecule has 0 unspecified atom stereocenters. The second kappa shape index (κ2) is 13.1. The van der Waals surface area contributed by atoms with Crippen molar-refractivity contribution in [2.45, 2.75) is 27.1 Å². The molecule has 2 amide bonds. The van der Waals surface area contributed by atoms with Gasteiger partial charge in [0.05, 0.1) is 13.2 Å². The van der Waals surface area contributed by atoms with Gasteiger partial charge in [0.25, 0.3) is 0 Å². The van der Waals surface area contributed by atoms with Crippen molar-refractivity contribution in [3.05, 3.63) is 77.9 Å². The Morgan fingerprint density at radius 3 is 1.59 bits per heavy atom. The van der Waals surface area contributed by atoms with Crippen LogP contribution in [0.3, 0.4) is 0 Å². The lowest BCUT2D eigenvalue weighted by atomic mass is 10.2. The fraction of sp³-hybridized carbons (Fsp3) is 0.286. The Hall–Kier alpha value is -4.40. The number of amides is 2. The van der Waals surface area contributed by atoms with E-state index in [4.69, 9.17) is 30.1 Å². The molecule has 0 aliphatic rings. The van der Waals surface area contributed by atoms with E-state index < -0.39 is 12.0 Å². The first-order valence-electron chi connectivity index (χ1n) is 12.0. The summed E-state index contributed by atoms with van der Waals surface area (Å²) in [6.07, 6.45) is 0. The molecule has 9 nitrogen and oxygen atoms in total. The van der Waals surface area contributed by atoms with E-state index in [0.29, 0.717) is 41.9 Å². The smallest absolute Gasteiger partial charge is 0.330 e. The minimum absolute atomic E-state index is 0.275. The molecule has 0 aliphatic heterocycles. The standard InChI is InChI=1S/C28H34N4O5/c1-5-34-25-22(36-18-20-13-9-7-10-14-20)17-23(37-19-21-15-11-8-12-16-21)26(35-6-2)24(25)31(3)28(33)32(4)27(29)30/h7-17H,5-6,18-19H2,1-4H3,(H3,29,30). The number of rotatable bonds is 11. The molecular formula is C28H34N4O5. The van der Waals surface area contributed by atoms with Crippen LogP contribution < -0.4 is 29.6 Å². The Bertz CT molecular complexity index is 1120. The van der Waals surface area contributed by atoms with E-state index in [1.165, 1.54) is 11.9 Å². The van der Waals surface area contributed by atoms with Crippen LogP contribution in [0.4, 0.5) is 10.5 Å². The molecule has 196 valence electrons. The number of benzene rings is 3. The minimum atomic E-state index is -0.552. The first-order chi connectivity index (χ1) is 17.9. The van der Waals surface area contributed by atoms with Gasteiger partial charge in [0.1, 0.15) is 18.9 Å². The number of hydrogen-bond acceptors (Lipinski definition) is 6. The first-order valence-corrected chi connectivity index (χ1v) is 12.0. The molecule has 0 spiro atoms. The van der Waals surface area contributed by atoms with Gasteiger partial charge in [-0.1, -0.05) is 60.7 Å². The van der Waals surface area contributed by atoms with Crippen molar-refractivity contribution in [2.75, 3.05) is 32.2 Å². The Kier molecular flexibility index (Phi) is 9.60. The molecule has 9 heteroatoms. The molecule has 0 heterocycles. The number of nitrogens with two attached hydrogens (primary N) is 1. The Balaban J connectivity index is 2.14. The van der Waals surface area contributed by atoms with Gasteiger partial charge in [-0.2, -0.15) is 0 Å². The van der Waals surface area contributed by atoms with Gasteiger partial charge < -0.3 is 24.7 Å². The molecule has 0 fully saturated rings. The number of carbonyl (C=O) groups is 1. The summed E-state index contributed by atoms with van der Waals surface area (Å²) < 4.78 is 24.4. The van der Waals surface area contributed by atoms with Crippen molar-refractivity contribution in [1.29, 1.82) is 5.41 Å². The van der Waals surface area contributed by atoms with Crippen molar-refractivity contribution < 1.29 is 23.7 Å². The number of hydrogen-bond donors (Lipinski definition) is 2. The molecule has 3 rings (SSSR count). The Morgan fingerprint density at radius 2 is 1.22 bits per heavy atom. The summed E-state index contributed by atoms with van der Waals surface area (Å²) in [4.78, 5) is 15.6. The van der Waals surface area contributed by atoms with Crippen molar-refractivity contribution in [3.63, 3.8) is 0 Å². The zero-order valence-electron chi connectivity index (χ0n) is 21.7. The van der Waals surface area contributed by atoms with Gasteiger partial charge in [-0.05, 0) is 25.0 Å². The van der Waals surface area contributed by atoms with E-state index in [0.717, 1.165) is 16.0 Å². The average molecular weight is 507 g/mol. The molecule has 0 aromatic heterocycles. The largest absolute Gasteiger partial charge is 0.488 e. The van der Waals surface area contributed by atoms with E-state index >= 15 is 0 Å². The van der Waals surface area contributed by atoms with E-state index in [-0.39, 0.29) is 13.2 Å². The zero-order chi connectivity index (χ0) is 26.8. The summed E-state index contributed by atoms with van der Waals surface area (Å²) in [5.41, 5.74) is 7.83. The second-order valence-corrected chi connectivity index (χ2v) is 8.08. The monoisotopic (exact) mass is 506 g/mol. The third-order valence-corrected chi connectivity index (χ3v) is 5.46. The first kappa shape index (κ1) is 27.2. The van der Waals surface area contributed by atoms with Crippen LogP contribution >= 0.6 is 0 Å². The Morgan fingerprint density at radius 1 is 0.784 bits per heavy atom. The molecule has 37 heavy (non-hydrogen) atoms. The van der Waals surface area contributed by atoms with Gasteiger partial charge in [0.15, 0.2) is 29.0 Å². The highest BCUT2D eigenvalue weighted by atomic mass is 16.5. The van der Waals surface area contributed by atoms with Crippen LogP contribution in [-0.4, -0.2) is 44.2 Å². The van der Waals surface area contributed by atoms with Gasteiger partial charge in [-0.3, -0.25) is 15.2 Å². The average Bonchev–Trinajstić information content (AvgIpc) is 2.92. The summed E-state index contributed by atoms with van der Waals surface area (Å²) in [6.45, 7) is 4.86. The van der Waals surface area contributed by atoms with Gasteiger partial charge >= 0.3 is 6.03 Å². The number of urea groups is 1. The maximum absolute atomic E-state index is 13.2. The SMILES string of the molecule is CCOc1c(OCc2ccccc2)cc(OCc2ccccc2)c(OCC)c1N(C)C(=O)N(C)C(=N)N. The highest BCUT2D eigenvalue weighted by Gasteiger charge is 2.30.